The summed E-state index contributed by atoms with van der Waals surface area (Å²) in [6, 6.07) is 7.24. The summed E-state index contributed by atoms with van der Waals surface area (Å²) in [6.45, 7) is 5.37. The highest BCUT2D eigenvalue weighted by Gasteiger charge is 2.38. The molecular formula is C22H23F3N4O4. The molecule has 1 aliphatic heterocycles. The van der Waals surface area contributed by atoms with Crippen molar-refractivity contribution in [2.24, 2.45) is 0 Å². The lowest BCUT2D eigenvalue weighted by Gasteiger charge is -2.32. The number of carboxylic acids is 1. The minimum Gasteiger partial charge on any atom is -0.475 e. The lowest BCUT2D eigenvalue weighted by molar-refractivity contribution is -0.192. The first kappa shape index (κ1) is 24.0. The Hall–Kier alpha value is -3.63. The molecule has 8 nitrogen and oxygen atoms in total. The summed E-state index contributed by atoms with van der Waals surface area (Å²) in [5, 5.41) is 8.37. The number of aromatic nitrogens is 3. The van der Waals surface area contributed by atoms with Crippen molar-refractivity contribution >= 4 is 22.6 Å². The Balaban J connectivity index is 0.000000383. The summed E-state index contributed by atoms with van der Waals surface area (Å²) in [7, 11) is 0. The number of likely N-dealkylation sites (tertiary alicyclic amines) is 1. The number of benzene rings is 1. The number of hydrogen-bond donors (Lipinski definition) is 3. The number of pyridine rings is 1. The standard InChI is InChI=1S/C20H22N4O2.C2HF3O2/c1-12-13(2)23-18(22-12)14-6-5-9-24(11-14)20(26)17-10-21-19(25)16-8-4-3-7-15(16)17;3-2(4,5)1(6)7/h3-4,7-8,10,14H,5-6,9,11H2,1-2H3,(H,21,25)(H,22,23);(H,6,7). The third-order valence-electron chi connectivity index (χ3n) is 5.52. The van der Waals surface area contributed by atoms with E-state index in [4.69, 9.17) is 9.90 Å². The number of halogens is 3. The van der Waals surface area contributed by atoms with Crippen LogP contribution in [0.15, 0.2) is 35.3 Å². The van der Waals surface area contributed by atoms with Crippen molar-refractivity contribution in [2.75, 3.05) is 13.1 Å². The number of rotatable bonds is 2. The first-order valence-electron chi connectivity index (χ1n) is 10.2. The number of alkyl halides is 3. The van der Waals surface area contributed by atoms with Gasteiger partial charge in [-0.1, -0.05) is 18.2 Å². The van der Waals surface area contributed by atoms with Crippen LogP contribution in [0.25, 0.3) is 10.8 Å². The van der Waals surface area contributed by atoms with Gasteiger partial charge in [0.15, 0.2) is 0 Å². The lowest BCUT2D eigenvalue weighted by atomic mass is 9.96. The van der Waals surface area contributed by atoms with E-state index in [1.165, 1.54) is 6.20 Å². The zero-order chi connectivity index (χ0) is 24.3. The number of nitrogens with zero attached hydrogens (tertiary/aromatic N) is 2. The van der Waals surface area contributed by atoms with Crippen molar-refractivity contribution in [3.63, 3.8) is 0 Å². The molecule has 33 heavy (non-hydrogen) atoms. The molecule has 0 spiro atoms. The Kier molecular flexibility index (Phi) is 6.89. The molecule has 1 aromatic carbocycles. The number of fused-ring (bicyclic) bond motifs is 1. The molecule has 176 valence electrons. The molecule has 0 radical (unpaired) electrons. The van der Waals surface area contributed by atoms with Crippen molar-refractivity contribution < 1.29 is 27.9 Å². The highest BCUT2D eigenvalue weighted by atomic mass is 19.4. The van der Waals surface area contributed by atoms with Gasteiger partial charge in [0.1, 0.15) is 5.82 Å². The third kappa shape index (κ3) is 5.41. The van der Waals surface area contributed by atoms with Crippen molar-refractivity contribution in [3.8, 4) is 0 Å². The Morgan fingerprint density at radius 3 is 2.39 bits per heavy atom. The third-order valence-corrected chi connectivity index (χ3v) is 5.52. The van der Waals surface area contributed by atoms with Gasteiger partial charge in [0, 0.05) is 41.7 Å². The van der Waals surface area contributed by atoms with Gasteiger partial charge in [-0.3, -0.25) is 9.59 Å². The van der Waals surface area contributed by atoms with E-state index in [2.05, 4.69) is 15.0 Å². The molecule has 4 rings (SSSR count). The number of amides is 1. The average Bonchev–Trinajstić information content (AvgIpc) is 3.12. The number of aromatic amines is 2. The first-order chi connectivity index (χ1) is 15.5. The van der Waals surface area contributed by atoms with E-state index < -0.39 is 12.1 Å². The number of aliphatic carboxylic acids is 1. The van der Waals surface area contributed by atoms with E-state index in [1.54, 1.807) is 6.07 Å². The van der Waals surface area contributed by atoms with Gasteiger partial charge in [0.25, 0.3) is 11.5 Å². The molecule has 0 saturated carbocycles. The van der Waals surface area contributed by atoms with E-state index in [9.17, 15) is 22.8 Å². The van der Waals surface area contributed by atoms with Gasteiger partial charge in [-0.25, -0.2) is 9.78 Å². The fraction of sp³-hybridized carbons (Fsp3) is 0.364. The molecule has 11 heteroatoms. The SMILES string of the molecule is Cc1nc(C2CCCN(C(=O)c3c[nH]c(=O)c4ccccc34)C2)[nH]c1C.O=C(O)C(F)(F)F. The molecule has 0 aliphatic carbocycles. The van der Waals surface area contributed by atoms with Crippen LogP contribution < -0.4 is 5.56 Å². The summed E-state index contributed by atoms with van der Waals surface area (Å²) >= 11 is 0. The van der Waals surface area contributed by atoms with Crippen LogP contribution in [0.2, 0.25) is 0 Å². The number of hydrogen-bond acceptors (Lipinski definition) is 4. The number of aryl methyl sites for hydroxylation is 2. The molecule has 3 aromatic rings. The van der Waals surface area contributed by atoms with E-state index >= 15 is 0 Å². The highest BCUT2D eigenvalue weighted by molar-refractivity contribution is 6.06. The summed E-state index contributed by atoms with van der Waals surface area (Å²) in [4.78, 5) is 46.6. The molecule has 3 N–H and O–H groups in total. The van der Waals surface area contributed by atoms with Gasteiger partial charge in [-0.05, 0) is 32.8 Å². The zero-order valence-corrected chi connectivity index (χ0v) is 18.0. The van der Waals surface area contributed by atoms with Gasteiger partial charge in [0.2, 0.25) is 0 Å². The minimum absolute atomic E-state index is 0.0397. The Morgan fingerprint density at radius 2 is 1.82 bits per heavy atom. The number of carbonyl (C=O) groups is 2. The van der Waals surface area contributed by atoms with Crippen LogP contribution in [0.5, 0.6) is 0 Å². The van der Waals surface area contributed by atoms with Crippen molar-refractivity contribution in [3.05, 3.63) is 63.6 Å². The second kappa shape index (κ2) is 9.47. The molecule has 2 aromatic heterocycles. The largest absolute Gasteiger partial charge is 0.490 e. The zero-order valence-electron chi connectivity index (χ0n) is 18.0. The fourth-order valence-electron chi connectivity index (χ4n) is 3.71. The van der Waals surface area contributed by atoms with Gasteiger partial charge >= 0.3 is 12.1 Å². The predicted molar refractivity (Wildman–Crippen MR) is 114 cm³/mol. The quantitative estimate of drug-likeness (QED) is 0.536. The summed E-state index contributed by atoms with van der Waals surface area (Å²) < 4.78 is 31.7. The molecule has 1 unspecified atom stereocenters. The average molecular weight is 464 g/mol. The second-order valence-corrected chi connectivity index (χ2v) is 7.80. The van der Waals surface area contributed by atoms with Crippen LogP contribution in [-0.2, 0) is 4.79 Å². The smallest absolute Gasteiger partial charge is 0.475 e. The summed E-state index contributed by atoms with van der Waals surface area (Å²) in [5.74, 6) is -1.62. The Morgan fingerprint density at radius 1 is 1.18 bits per heavy atom. The Labute approximate surface area is 186 Å². The van der Waals surface area contributed by atoms with Crippen LogP contribution in [0.4, 0.5) is 13.2 Å². The number of H-pyrrole nitrogens is 2. The number of carbonyl (C=O) groups excluding carboxylic acids is 1. The van der Waals surface area contributed by atoms with Crippen LogP contribution >= 0.6 is 0 Å². The molecule has 1 amide bonds. The van der Waals surface area contributed by atoms with Crippen LogP contribution in [0.3, 0.4) is 0 Å². The van der Waals surface area contributed by atoms with Crippen molar-refractivity contribution in [1.29, 1.82) is 0 Å². The van der Waals surface area contributed by atoms with Gasteiger partial charge in [0.05, 0.1) is 11.3 Å². The molecule has 0 bridgehead atoms. The van der Waals surface area contributed by atoms with Gasteiger partial charge in [-0.15, -0.1) is 0 Å². The topological polar surface area (TPSA) is 119 Å². The Bertz CT molecular complexity index is 1210. The van der Waals surface area contributed by atoms with Crippen molar-refractivity contribution in [1.82, 2.24) is 19.9 Å². The van der Waals surface area contributed by atoms with E-state index in [1.807, 2.05) is 36.9 Å². The maximum absolute atomic E-state index is 13.1. The maximum atomic E-state index is 13.1. The van der Waals surface area contributed by atoms with Gasteiger partial charge < -0.3 is 20.0 Å². The predicted octanol–water partition coefficient (Wildman–Crippen LogP) is 3.52. The van der Waals surface area contributed by atoms with E-state index in [0.717, 1.165) is 36.6 Å². The molecule has 1 aliphatic rings. The maximum Gasteiger partial charge on any atom is 0.490 e. The molecule has 1 fully saturated rings. The number of imidazole rings is 1. The molecule has 1 atom stereocenters. The number of carboxylic acid groups (broad SMARTS) is 1. The molecule has 1 saturated heterocycles. The highest BCUT2D eigenvalue weighted by Crippen LogP contribution is 2.27. The normalized spacial score (nSPS) is 16.3. The molecular weight excluding hydrogens is 441 g/mol. The number of nitrogens with one attached hydrogen (secondary N) is 2. The van der Waals surface area contributed by atoms with Gasteiger partial charge in [-0.2, -0.15) is 13.2 Å². The summed E-state index contributed by atoms with van der Waals surface area (Å²) in [5.41, 5.74) is 2.47. The first-order valence-corrected chi connectivity index (χ1v) is 10.2. The van der Waals surface area contributed by atoms with Crippen LogP contribution in [-0.4, -0.2) is 56.1 Å². The second-order valence-electron chi connectivity index (χ2n) is 7.80. The van der Waals surface area contributed by atoms with E-state index in [0.29, 0.717) is 22.9 Å². The van der Waals surface area contributed by atoms with E-state index in [-0.39, 0.29) is 17.4 Å². The fourth-order valence-corrected chi connectivity index (χ4v) is 3.71. The number of piperidine rings is 1. The van der Waals surface area contributed by atoms with Crippen molar-refractivity contribution in [2.45, 2.75) is 38.8 Å². The summed E-state index contributed by atoms with van der Waals surface area (Å²) in [6.07, 6.45) is -1.59. The lowest BCUT2D eigenvalue weighted by Crippen LogP contribution is -2.39. The minimum atomic E-state index is -5.08. The molecule has 3 heterocycles. The van der Waals surface area contributed by atoms with Crippen LogP contribution in [0.1, 0.15) is 46.3 Å². The van der Waals surface area contributed by atoms with Crippen LogP contribution in [0, 0.1) is 13.8 Å². The monoisotopic (exact) mass is 464 g/mol.